The second kappa shape index (κ2) is 10.1. The van der Waals surface area contributed by atoms with Crippen LogP contribution in [0.15, 0.2) is 71.3 Å². The van der Waals surface area contributed by atoms with Gasteiger partial charge in [0.1, 0.15) is 22.4 Å². The molecular weight excluding hydrogens is 558 g/mol. The van der Waals surface area contributed by atoms with Gasteiger partial charge in [0, 0.05) is 32.6 Å². The van der Waals surface area contributed by atoms with Crippen LogP contribution >= 0.6 is 11.6 Å². The highest BCUT2D eigenvalue weighted by atomic mass is 35.5. The summed E-state index contributed by atoms with van der Waals surface area (Å²) >= 11 is 6.57. The van der Waals surface area contributed by atoms with Crippen molar-refractivity contribution in [2.24, 2.45) is 14.1 Å². The van der Waals surface area contributed by atoms with Gasteiger partial charge in [-0.05, 0) is 12.1 Å². The number of nitrogens with zero attached hydrogens (tertiary/aromatic N) is 6. The Hall–Kier alpha value is -4.76. The summed E-state index contributed by atoms with van der Waals surface area (Å²) in [6.07, 6.45) is 4.63. The Balaban J connectivity index is 1.55. The molecule has 4 aromatic rings. The fraction of sp³-hybridized carbons (Fsp3) is 0.125. The quantitative estimate of drug-likeness (QED) is 0.183. The third-order valence-electron chi connectivity index (χ3n) is 5.85. The molecule has 4 N–H and O–H groups in total. The lowest BCUT2D eigenvalue weighted by atomic mass is 10.2. The standard InChI is InChI=1S/C24H18ClF4N9O2/c1-36-11-14(8-33-36)38-10-12(24(27,28)29)5-16(22(38)39)34-23-35-21-20(37(23)2)19(25)18(9-32-21)40-17(6-30)15-4-3-13(26)7-31-15/h3-11,30-31H,1-2H3,(H,32,34,35)/p+1/b17-15+,30-6?. The SMILES string of the molecule is Cn1cc(-n2cc(C(F)(F)F)cc(Nc3nc4ncc(O/C(C=N)=C5\C=CC(F)=C[NH2+]5)c(Cl)c4n3C)c2=O)cn1. The average molecular weight is 577 g/mol. The van der Waals surface area contributed by atoms with Crippen molar-refractivity contribution in [3.63, 3.8) is 0 Å². The molecule has 0 bridgehead atoms. The number of anilines is 2. The van der Waals surface area contributed by atoms with Crippen molar-refractivity contribution in [1.82, 2.24) is 28.9 Å². The summed E-state index contributed by atoms with van der Waals surface area (Å²) in [5, 5.41) is 15.7. The van der Waals surface area contributed by atoms with Crippen molar-refractivity contribution in [3.05, 3.63) is 87.4 Å². The lowest BCUT2D eigenvalue weighted by molar-refractivity contribution is -0.533. The Kier molecular flexibility index (Phi) is 6.77. The predicted octanol–water partition coefficient (Wildman–Crippen LogP) is 3.45. The molecule has 0 amide bonds. The van der Waals surface area contributed by atoms with Crippen LogP contribution in [0.1, 0.15) is 5.56 Å². The van der Waals surface area contributed by atoms with E-state index in [1.807, 2.05) is 0 Å². The van der Waals surface area contributed by atoms with Crippen molar-refractivity contribution in [2.45, 2.75) is 6.18 Å². The van der Waals surface area contributed by atoms with Crippen LogP contribution in [0.2, 0.25) is 5.02 Å². The number of imidazole rings is 1. The van der Waals surface area contributed by atoms with E-state index in [1.54, 1.807) is 7.05 Å². The number of fused-ring (bicyclic) bond motifs is 1. The number of ether oxygens (including phenoxy) is 1. The number of aryl methyl sites for hydroxylation is 2. The van der Waals surface area contributed by atoms with Gasteiger partial charge >= 0.3 is 6.18 Å². The number of nitrogens with two attached hydrogens (primary N) is 1. The number of nitrogens with one attached hydrogen (secondary N) is 2. The number of pyridine rings is 2. The zero-order valence-electron chi connectivity index (χ0n) is 20.7. The largest absolute Gasteiger partial charge is 0.446 e. The zero-order chi connectivity index (χ0) is 28.8. The molecule has 206 valence electrons. The summed E-state index contributed by atoms with van der Waals surface area (Å²) in [6, 6.07) is 0.687. The summed E-state index contributed by atoms with van der Waals surface area (Å²) in [7, 11) is 3.08. The first-order valence-electron chi connectivity index (χ1n) is 11.4. The smallest absolute Gasteiger partial charge is 0.417 e. The molecule has 0 unspecified atom stereocenters. The molecule has 0 saturated heterocycles. The van der Waals surface area contributed by atoms with Gasteiger partial charge in [-0.1, -0.05) is 11.6 Å². The minimum Gasteiger partial charge on any atom is -0.446 e. The molecule has 40 heavy (non-hydrogen) atoms. The van der Waals surface area contributed by atoms with E-state index >= 15 is 0 Å². The number of hydrogen-bond acceptors (Lipinski definition) is 7. The second-order valence-electron chi connectivity index (χ2n) is 8.53. The monoisotopic (exact) mass is 576 g/mol. The molecule has 0 fully saturated rings. The maximum absolute atomic E-state index is 13.7. The van der Waals surface area contributed by atoms with Gasteiger partial charge < -0.3 is 20.0 Å². The molecule has 5 heterocycles. The van der Waals surface area contributed by atoms with E-state index in [0.29, 0.717) is 18.0 Å². The van der Waals surface area contributed by atoms with E-state index in [1.165, 1.54) is 58.6 Å². The molecule has 0 atom stereocenters. The summed E-state index contributed by atoms with van der Waals surface area (Å²) in [5.41, 5.74) is -1.35. The Morgan fingerprint density at radius 2 is 2.00 bits per heavy atom. The van der Waals surface area contributed by atoms with Gasteiger partial charge in [0.2, 0.25) is 11.7 Å². The number of hydrogen-bond donors (Lipinski definition) is 3. The van der Waals surface area contributed by atoms with Gasteiger partial charge in [0.15, 0.2) is 22.9 Å². The van der Waals surface area contributed by atoms with Gasteiger partial charge in [-0.15, -0.1) is 0 Å². The fourth-order valence-electron chi connectivity index (χ4n) is 3.87. The van der Waals surface area contributed by atoms with Crippen LogP contribution in [0.4, 0.5) is 29.2 Å². The van der Waals surface area contributed by atoms with Crippen LogP contribution in [-0.2, 0) is 20.3 Å². The number of halogens is 5. The minimum absolute atomic E-state index is 0.0227. The van der Waals surface area contributed by atoms with E-state index in [4.69, 9.17) is 21.7 Å². The van der Waals surface area contributed by atoms with Crippen molar-refractivity contribution >= 4 is 40.6 Å². The lowest BCUT2D eigenvalue weighted by Crippen LogP contribution is -2.76. The first kappa shape index (κ1) is 26.8. The van der Waals surface area contributed by atoms with Gasteiger partial charge in [0.05, 0.1) is 29.9 Å². The van der Waals surface area contributed by atoms with Crippen LogP contribution in [0.3, 0.4) is 0 Å². The van der Waals surface area contributed by atoms with E-state index in [2.05, 4.69) is 20.4 Å². The molecule has 4 aromatic heterocycles. The van der Waals surface area contributed by atoms with Crippen LogP contribution in [0.25, 0.3) is 16.9 Å². The maximum Gasteiger partial charge on any atom is 0.417 e. The molecule has 1 aliphatic heterocycles. The summed E-state index contributed by atoms with van der Waals surface area (Å²) < 4.78 is 63.7. The number of alkyl halides is 3. The van der Waals surface area contributed by atoms with Crippen molar-refractivity contribution in [2.75, 3.05) is 5.32 Å². The predicted molar refractivity (Wildman–Crippen MR) is 137 cm³/mol. The topological polar surface area (TPSA) is 132 Å². The highest BCUT2D eigenvalue weighted by molar-refractivity contribution is 6.36. The van der Waals surface area contributed by atoms with Crippen LogP contribution in [-0.4, -0.2) is 35.1 Å². The van der Waals surface area contributed by atoms with Crippen molar-refractivity contribution < 1.29 is 27.6 Å². The molecule has 0 aliphatic carbocycles. The summed E-state index contributed by atoms with van der Waals surface area (Å²) in [6.45, 7) is 0. The number of quaternary nitrogens is 1. The number of allylic oxidation sites excluding steroid dienone is 4. The minimum atomic E-state index is -4.74. The Morgan fingerprint density at radius 3 is 2.62 bits per heavy atom. The maximum atomic E-state index is 13.7. The average Bonchev–Trinajstić information content (AvgIpc) is 3.48. The third-order valence-corrected chi connectivity index (χ3v) is 6.21. The van der Waals surface area contributed by atoms with E-state index in [9.17, 15) is 22.4 Å². The third kappa shape index (κ3) is 4.99. The van der Waals surface area contributed by atoms with Gasteiger partial charge in [-0.2, -0.15) is 23.3 Å². The zero-order valence-corrected chi connectivity index (χ0v) is 21.4. The highest BCUT2D eigenvalue weighted by Gasteiger charge is 2.33. The van der Waals surface area contributed by atoms with Crippen molar-refractivity contribution in [1.29, 1.82) is 5.41 Å². The lowest BCUT2D eigenvalue weighted by Gasteiger charge is -2.14. The molecule has 11 nitrogen and oxygen atoms in total. The molecule has 0 radical (unpaired) electrons. The molecule has 0 aromatic carbocycles. The molecule has 0 saturated carbocycles. The molecule has 16 heteroatoms. The van der Waals surface area contributed by atoms with Gasteiger partial charge in [-0.25, -0.2) is 9.37 Å². The van der Waals surface area contributed by atoms with Crippen LogP contribution in [0, 0.1) is 5.41 Å². The van der Waals surface area contributed by atoms with Gasteiger partial charge in [0.25, 0.3) is 5.56 Å². The van der Waals surface area contributed by atoms with Gasteiger partial charge in [-0.3, -0.25) is 19.4 Å². The number of rotatable bonds is 6. The van der Waals surface area contributed by atoms with Crippen molar-refractivity contribution in [3.8, 4) is 11.4 Å². The molecule has 0 spiro atoms. The highest BCUT2D eigenvalue weighted by Crippen LogP contribution is 2.35. The second-order valence-corrected chi connectivity index (χ2v) is 8.91. The fourth-order valence-corrected chi connectivity index (χ4v) is 4.17. The van der Waals surface area contributed by atoms with E-state index in [0.717, 1.165) is 10.8 Å². The normalized spacial score (nSPS) is 14.8. The van der Waals surface area contributed by atoms with E-state index in [-0.39, 0.29) is 39.3 Å². The Bertz CT molecular complexity index is 1820. The molecular formula is C24H19ClF4N9O2+. The van der Waals surface area contributed by atoms with Crippen LogP contribution in [0.5, 0.6) is 5.75 Å². The first-order valence-corrected chi connectivity index (χ1v) is 11.8. The first-order chi connectivity index (χ1) is 19.0. The van der Waals surface area contributed by atoms with E-state index < -0.39 is 28.8 Å². The molecule has 1 aliphatic rings. The van der Waals surface area contributed by atoms with Crippen LogP contribution < -0.4 is 20.9 Å². The Morgan fingerprint density at radius 1 is 1.23 bits per heavy atom. The Labute approximate surface area is 227 Å². The molecule has 5 rings (SSSR count). The summed E-state index contributed by atoms with van der Waals surface area (Å²) in [5.74, 6) is -0.379. The number of aromatic nitrogens is 6. The summed E-state index contributed by atoms with van der Waals surface area (Å²) in [4.78, 5) is 21.7.